The van der Waals surface area contributed by atoms with Crippen molar-refractivity contribution in [3.63, 3.8) is 0 Å². The van der Waals surface area contributed by atoms with Crippen LogP contribution < -0.4 is 10.0 Å². The van der Waals surface area contributed by atoms with Gasteiger partial charge in [-0.3, -0.25) is 14.9 Å². The first-order valence-electron chi connectivity index (χ1n) is 6.43. The van der Waals surface area contributed by atoms with Crippen molar-refractivity contribution in [2.24, 2.45) is 0 Å². The van der Waals surface area contributed by atoms with Crippen molar-refractivity contribution in [2.45, 2.75) is 4.90 Å². The Kier molecular flexibility index (Phi) is 4.60. The minimum atomic E-state index is -4.22. The zero-order valence-corrected chi connectivity index (χ0v) is 12.8. The summed E-state index contributed by atoms with van der Waals surface area (Å²) in [5.74, 6) is -0.814. The van der Waals surface area contributed by atoms with E-state index in [1.54, 1.807) is 18.2 Å². The maximum absolute atomic E-state index is 12.2. The molecule has 2 rings (SSSR count). The predicted molar refractivity (Wildman–Crippen MR) is 83.7 cm³/mol. The highest BCUT2D eigenvalue weighted by atomic mass is 32.2. The van der Waals surface area contributed by atoms with Gasteiger partial charge in [-0.25, -0.2) is 13.1 Å². The molecule has 0 heterocycles. The van der Waals surface area contributed by atoms with Gasteiger partial charge in [-0.1, -0.05) is 18.2 Å². The minimum Gasteiger partial charge on any atom is -0.383 e. The third-order valence-electron chi connectivity index (χ3n) is 3.01. The number of nitro groups is 1. The normalized spacial score (nSPS) is 10.8. The second-order valence-corrected chi connectivity index (χ2v) is 6.17. The lowest BCUT2D eigenvalue weighted by atomic mass is 10.2. The molecule has 0 aliphatic carbocycles. The topological polar surface area (TPSA) is 118 Å². The van der Waals surface area contributed by atoms with E-state index in [1.165, 1.54) is 31.3 Å². The summed E-state index contributed by atoms with van der Waals surface area (Å²) in [5, 5.41) is 13.6. The van der Waals surface area contributed by atoms with Crippen molar-refractivity contribution in [3.8, 4) is 0 Å². The van der Waals surface area contributed by atoms with Crippen molar-refractivity contribution < 1.29 is 18.1 Å². The molecule has 0 saturated heterocycles. The van der Waals surface area contributed by atoms with Crippen LogP contribution in [-0.2, 0) is 10.0 Å². The lowest BCUT2D eigenvalue weighted by Gasteiger charge is -2.08. The van der Waals surface area contributed by atoms with E-state index in [9.17, 15) is 23.3 Å². The first kappa shape index (κ1) is 16.4. The summed E-state index contributed by atoms with van der Waals surface area (Å²) in [4.78, 5) is 21.9. The average Bonchev–Trinajstić information content (AvgIpc) is 2.54. The molecule has 0 aliphatic heterocycles. The highest BCUT2D eigenvalue weighted by molar-refractivity contribution is 7.90. The summed E-state index contributed by atoms with van der Waals surface area (Å²) in [6.45, 7) is 0. The third-order valence-corrected chi connectivity index (χ3v) is 4.34. The number of anilines is 1. The fraction of sp³-hybridized carbons (Fsp3) is 0.0714. The fourth-order valence-electron chi connectivity index (χ4n) is 1.87. The minimum absolute atomic E-state index is 0.164. The molecule has 2 N–H and O–H groups in total. The van der Waals surface area contributed by atoms with Gasteiger partial charge in [0, 0.05) is 18.7 Å². The van der Waals surface area contributed by atoms with Gasteiger partial charge in [0.1, 0.15) is 5.69 Å². The summed E-state index contributed by atoms with van der Waals surface area (Å²) in [7, 11) is -2.74. The molecule has 2 aromatic rings. The molecule has 0 saturated carbocycles. The van der Waals surface area contributed by atoms with Crippen molar-refractivity contribution in [1.82, 2.24) is 4.72 Å². The predicted octanol–water partition coefficient (Wildman–Crippen LogP) is 1.76. The Bertz CT molecular complexity index is 850. The summed E-state index contributed by atoms with van der Waals surface area (Å²) in [5.41, 5.74) is -0.0664. The van der Waals surface area contributed by atoms with Gasteiger partial charge in [0.25, 0.3) is 21.6 Å². The van der Waals surface area contributed by atoms with Gasteiger partial charge in [0.15, 0.2) is 0 Å². The smallest absolute Gasteiger partial charge is 0.293 e. The number of hydrogen-bond donors (Lipinski definition) is 2. The molecule has 0 aliphatic rings. The van der Waals surface area contributed by atoms with Gasteiger partial charge in [-0.2, -0.15) is 0 Å². The number of hydrogen-bond acceptors (Lipinski definition) is 6. The zero-order chi connectivity index (χ0) is 17.0. The number of benzene rings is 2. The highest BCUT2D eigenvalue weighted by Crippen LogP contribution is 2.27. The molecule has 120 valence electrons. The van der Waals surface area contributed by atoms with Crippen LogP contribution in [0.4, 0.5) is 11.4 Å². The van der Waals surface area contributed by atoms with Gasteiger partial charge in [-0.05, 0) is 24.3 Å². The molecule has 9 heteroatoms. The molecule has 0 atom stereocenters. The lowest BCUT2D eigenvalue weighted by molar-refractivity contribution is -0.384. The van der Waals surface area contributed by atoms with Crippen molar-refractivity contribution >= 4 is 27.3 Å². The number of nitro benzene ring substituents is 1. The van der Waals surface area contributed by atoms with Gasteiger partial charge in [0.05, 0.1) is 9.82 Å². The molecular weight excluding hydrogens is 322 g/mol. The van der Waals surface area contributed by atoms with Crippen LogP contribution in [0.5, 0.6) is 0 Å². The number of nitrogens with one attached hydrogen (secondary N) is 2. The fourth-order valence-corrected chi connectivity index (χ4v) is 2.86. The number of amides is 1. The van der Waals surface area contributed by atoms with Gasteiger partial charge >= 0.3 is 0 Å². The molecule has 2 aromatic carbocycles. The first-order valence-corrected chi connectivity index (χ1v) is 7.92. The summed E-state index contributed by atoms with van der Waals surface area (Å²) in [6, 6.07) is 11.1. The van der Waals surface area contributed by atoms with E-state index in [1.807, 2.05) is 4.72 Å². The molecule has 0 radical (unpaired) electrons. The van der Waals surface area contributed by atoms with Crippen LogP contribution in [0, 0.1) is 10.1 Å². The second-order valence-electron chi connectivity index (χ2n) is 4.49. The van der Waals surface area contributed by atoms with Crippen molar-refractivity contribution in [1.29, 1.82) is 0 Å². The molecule has 0 aromatic heterocycles. The maximum atomic E-state index is 12.2. The Morgan fingerprint density at radius 1 is 1.13 bits per heavy atom. The van der Waals surface area contributed by atoms with E-state index in [0.29, 0.717) is 0 Å². The molecule has 0 unspecified atom stereocenters. The van der Waals surface area contributed by atoms with Gasteiger partial charge in [-0.15, -0.1) is 0 Å². The van der Waals surface area contributed by atoms with Crippen molar-refractivity contribution in [3.05, 3.63) is 64.2 Å². The largest absolute Gasteiger partial charge is 0.383 e. The number of rotatable bonds is 5. The van der Waals surface area contributed by atoms with E-state index < -0.39 is 26.5 Å². The van der Waals surface area contributed by atoms with Crippen LogP contribution in [0.25, 0.3) is 0 Å². The molecular formula is C14H13N3O5S. The number of sulfonamides is 1. The van der Waals surface area contributed by atoms with E-state index >= 15 is 0 Å². The van der Waals surface area contributed by atoms with Gasteiger partial charge in [0.2, 0.25) is 0 Å². The Balaban J connectivity index is 2.35. The molecule has 1 amide bonds. The van der Waals surface area contributed by atoms with E-state index in [-0.39, 0.29) is 16.1 Å². The molecule has 0 spiro atoms. The number of carbonyl (C=O) groups is 1. The summed E-state index contributed by atoms with van der Waals surface area (Å²) >= 11 is 0. The maximum Gasteiger partial charge on any atom is 0.293 e. The van der Waals surface area contributed by atoms with Crippen LogP contribution in [-0.4, -0.2) is 26.3 Å². The first-order chi connectivity index (χ1) is 10.8. The molecule has 23 heavy (non-hydrogen) atoms. The lowest BCUT2D eigenvalue weighted by Crippen LogP contribution is -2.30. The SMILES string of the molecule is CNc1ccc(S(=O)(=O)NC(=O)c2ccccc2)cc1[N+](=O)[O-]. The number of carbonyl (C=O) groups excluding carboxylic acids is 1. The van der Waals surface area contributed by atoms with Crippen LogP contribution in [0.1, 0.15) is 10.4 Å². The van der Waals surface area contributed by atoms with Crippen LogP contribution in [0.3, 0.4) is 0 Å². The summed E-state index contributed by atoms with van der Waals surface area (Å²) in [6.07, 6.45) is 0. The standard InChI is InChI=1S/C14H13N3O5S/c1-15-12-8-7-11(9-13(12)17(19)20)23(21,22)16-14(18)10-5-3-2-4-6-10/h2-9,15H,1H3,(H,16,18). The highest BCUT2D eigenvalue weighted by Gasteiger charge is 2.23. The Morgan fingerprint density at radius 3 is 2.35 bits per heavy atom. The van der Waals surface area contributed by atoms with Crippen LogP contribution in [0.2, 0.25) is 0 Å². The molecule has 0 bridgehead atoms. The van der Waals surface area contributed by atoms with E-state index in [4.69, 9.17) is 0 Å². The summed E-state index contributed by atoms with van der Waals surface area (Å²) < 4.78 is 26.3. The third kappa shape index (κ3) is 3.64. The van der Waals surface area contributed by atoms with E-state index in [0.717, 1.165) is 6.07 Å². The van der Waals surface area contributed by atoms with Crippen molar-refractivity contribution in [2.75, 3.05) is 12.4 Å². The van der Waals surface area contributed by atoms with E-state index in [2.05, 4.69) is 5.32 Å². The quantitative estimate of drug-likeness (QED) is 0.635. The zero-order valence-electron chi connectivity index (χ0n) is 12.0. The average molecular weight is 335 g/mol. The van der Waals surface area contributed by atoms with Crippen LogP contribution >= 0.6 is 0 Å². The second kappa shape index (κ2) is 6.44. The van der Waals surface area contributed by atoms with Gasteiger partial charge < -0.3 is 5.32 Å². The molecule has 8 nitrogen and oxygen atoms in total. The Morgan fingerprint density at radius 2 is 1.78 bits per heavy atom. The number of nitrogens with zero attached hydrogens (tertiary/aromatic N) is 1. The Hall–Kier alpha value is -2.94. The monoisotopic (exact) mass is 335 g/mol. The van der Waals surface area contributed by atoms with Crippen LogP contribution in [0.15, 0.2) is 53.4 Å². The molecule has 0 fully saturated rings. The Labute approximate surface area is 132 Å².